The van der Waals surface area contributed by atoms with E-state index < -0.39 is 23.2 Å². The van der Waals surface area contributed by atoms with Crippen molar-refractivity contribution in [2.75, 3.05) is 6.61 Å². The van der Waals surface area contributed by atoms with Gasteiger partial charge in [-0.25, -0.2) is 8.78 Å². The first kappa shape index (κ1) is 28.7. The molecule has 0 aliphatic heterocycles. The molecule has 0 atom stereocenters. The minimum atomic E-state index is -1.29. The highest BCUT2D eigenvalue weighted by molar-refractivity contribution is 5.54. The lowest BCUT2D eigenvalue weighted by molar-refractivity contribution is 0.241. The summed E-state index contributed by atoms with van der Waals surface area (Å²) in [6, 6.07) is 0. The van der Waals surface area contributed by atoms with Crippen LogP contribution in [0.2, 0.25) is 0 Å². The van der Waals surface area contributed by atoms with E-state index in [9.17, 15) is 13.2 Å². The number of ether oxygens (including phenoxy) is 1. The molecule has 1 nitrogen and oxygen atoms in total. The summed E-state index contributed by atoms with van der Waals surface area (Å²) in [5.41, 5.74) is 1.41. The molecular formula is C28H33F3O. The average molecular weight is 443 g/mol. The topological polar surface area (TPSA) is 9.23 Å². The first-order valence-electron chi connectivity index (χ1n) is 10.00. The lowest BCUT2D eigenvalue weighted by Crippen LogP contribution is -1.96. The normalized spacial score (nSPS) is 13.0. The Labute approximate surface area is 191 Å². The van der Waals surface area contributed by atoms with Gasteiger partial charge in [-0.3, -0.25) is 0 Å². The van der Waals surface area contributed by atoms with Crippen molar-refractivity contribution in [3.8, 4) is 0 Å². The molecule has 0 spiro atoms. The monoisotopic (exact) mass is 442 g/mol. The van der Waals surface area contributed by atoms with Crippen LogP contribution in [0.1, 0.15) is 27.2 Å². The summed E-state index contributed by atoms with van der Waals surface area (Å²) in [5, 5.41) is 0. The maximum absolute atomic E-state index is 14.6. The third kappa shape index (κ3) is 9.69. The van der Waals surface area contributed by atoms with Crippen molar-refractivity contribution in [2.24, 2.45) is 5.92 Å². The Morgan fingerprint density at radius 1 is 0.844 bits per heavy atom. The summed E-state index contributed by atoms with van der Waals surface area (Å²) in [6.07, 6.45) is 8.25. The van der Waals surface area contributed by atoms with E-state index in [1.54, 1.807) is 0 Å². The van der Waals surface area contributed by atoms with Gasteiger partial charge in [0.05, 0.1) is 0 Å². The molecule has 0 aliphatic carbocycles. The minimum absolute atomic E-state index is 0.0205. The molecule has 172 valence electrons. The molecule has 0 aromatic heterocycles. The van der Waals surface area contributed by atoms with E-state index in [0.29, 0.717) is 11.5 Å². The highest BCUT2D eigenvalue weighted by Crippen LogP contribution is 2.28. The SMILES string of the molecule is C=CCOC(=C)/C(F)=C(/F)C(=C)C(=C)/C=C\C(=C)C(=C)/C(F)=C\C(=C)/C(C)=C/CC(C)C. The molecule has 0 aliphatic rings. The molecule has 0 amide bonds. The maximum atomic E-state index is 14.6. The Bertz CT molecular complexity index is 934. The van der Waals surface area contributed by atoms with Gasteiger partial charge in [-0.15, -0.1) is 0 Å². The summed E-state index contributed by atoms with van der Waals surface area (Å²) in [7, 11) is 0. The van der Waals surface area contributed by atoms with Gasteiger partial charge in [-0.05, 0) is 47.6 Å². The summed E-state index contributed by atoms with van der Waals surface area (Å²) < 4.78 is 47.8. The Morgan fingerprint density at radius 2 is 1.38 bits per heavy atom. The van der Waals surface area contributed by atoms with Crippen LogP contribution in [-0.4, -0.2) is 6.61 Å². The summed E-state index contributed by atoms with van der Waals surface area (Å²) in [6.45, 7) is 31.2. The summed E-state index contributed by atoms with van der Waals surface area (Å²) in [4.78, 5) is 0. The lowest BCUT2D eigenvalue weighted by atomic mass is 10.0. The molecule has 0 heterocycles. The zero-order chi connectivity index (χ0) is 25.0. The van der Waals surface area contributed by atoms with Crippen LogP contribution in [0.15, 0.2) is 133 Å². The predicted octanol–water partition coefficient (Wildman–Crippen LogP) is 9.04. The summed E-state index contributed by atoms with van der Waals surface area (Å²) in [5.74, 6) is -3.14. The van der Waals surface area contributed by atoms with Crippen molar-refractivity contribution in [1.82, 2.24) is 0 Å². The van der Waals surface area contributed by atoms with Gasteiger partial charge < -0.3 is 4.74 Å². The van der Waals surface area contributed by atoms with Gasteiger partial charge in [0.15, 0.2) is 11.6 Å². The van der Waals surface area contributed by atoms with E-state index in [4.69, 9.17) is 4.74 Å². The highest BCUT2D eigenvalue weighted by Gasteiger charge is 2.15. The highest BCUT2D eigenvalue weighted by atomic mass is 19.2. The van der Waals surface area contributed by atoms with Crippen molar-refractivity contribution in [1.29, 1.82) is 0 Å². The van der Waals surface area contributed by atoms with E-state index in [1.807, 2.05) is 13.0 Å². The van der Waals surface area contributed by atoms with Crippen LogP contribution in [-0.2, 0) is 4.74 Å². The number of hydrogen-bond donors (Lipinski definition) is 0. The minimum Gasteiger partial charge on any atom is -0.487 e. The zero-order valence-corrected chi connectivity index (χ0v) is 19.4. The molecule has 0 N–H and O–H groups in total. The predicted molar refractivity (Wildman–Crippen MR) is 132 cm³/mol. The molecule has 0 saturated heterocycles. The molecule has 0 radical (unpaired) electrons. The maximum Gasteiger partial charge on any atom is 0.200 e. The molecular weight excluding hydrogens is 409 g/mol. The Balaban J connectivity index is 5.27. The van der Waals surface area contributed by atoms with Gasteiger partial charge in [0, 0.05) is 11.1 Å². The van der Waals surface area contributed by atoms with Gasteiger partial charge in [-0.2, -0.15) is 4.39 Å². The average Bonchev–Trinajstić information content (AvgIpc) is 2.76. The van der Waals surface area contributed by atoms with Crippen LogP contribution in [0.25, 0.3) is 0 Å². The molecule has 0 aromatic carbocycles. The van der Waals surface area contributed by atoms with Crippen molar-refractivity contribution >= 4 is 0 Å². The fourth-order valence-electron chi connectivity index (χ4n) is 2.07. The fraction of sp³-hybridized carbons (Fsp3) is 0.214. The van der Waals surface area contributed by atoms with E-state index in [2.05, 4.69) is 59.9 Å². The van der Waals surface area contributed by atoms with Crippen LogP contribution in [0.5, 0.6) is 0 Å². The molecule has 4 heteroatoms. The third-order valence-corrected chi connectivity index (χ3v) is 4.33. The standard InChI is InChI=1S/C28H33F3O/c1-11-16-32-25(10)28(31)27(30)24(9)21(6)15-14-20(5)23(8)26(29)17-22(7)19(4)13-12-18(2)3/h11,13-15,17-18H,1,5-10,12,16H2,2-4H3/b15-14-,19-13+,26-17+,28-27-. The number of hydrogen-bond acceptors (Lipinski definition) is 1. The first-order valence-corrected chi connectivity index (χ1v) is 10.00. The number of halogens is 3. The summed E-state index contributed by atoms with van der Waals surface area (Å²) >= 11 is 0. The molecule has 0 bridgehead atoms. The largest absolute Gasteiger partial charge is 0.487 e. The van der Waals surface area contributed by atoms with E-state index in [-0.39, 0.29) is 28.9 Å². The number of allylic oxidation sites excluding steroid dienone is 13. The van der Waals surface area contributed by atoms with E-state index >= 15 is 0 Å². The molecule has 0 unspecified atom stereocenters. The van der Waals surface area contributed by atoms with E-state index in [1.165, 1.54) is 24.3 Å². The van der Waals surface area contributed by atoms with Crippen LogP contribution < -0.4 is 0 Å². The Kier molecular flexibility index (Phi) is 12.5. The Hall–Kier alpha value is -3.27. The van der Waals surface area contributed by atoms with Gasteiger partial charge in [0.2, 0.25) is 5.83 Å². The Morgan fingerprint density at radius 3 is 1.88 bits per heavy atom. The van der Waals surface area contributed by atoms with Gasteiger partial charge in [0.1, 0.15) is 12.4 Å². The van der Waals surface area contributed by atoms with Gasteiger partial charge in [0.25, 0.3) is 0 Å². The zero-order valence-electron chi connectivity index (χ0n) is 19.4. The second-order valence-electron chi connectivity index (χ2n) is 7.53. The number of rotatable bonds is 14. The second kappa shape index (κ2) is 13.9. The van der Waals surface area contributed by atoms with Crippen LogP contribution in [0.3, 0.4) is 0 Å². The van der Waals surface area contributed by atoms with Crippen molar-refractivity contribution in [2.45, 2.75) is 27.2 Å². The van der Waals surface area contributed by atoms with Gasteiger partial charge in [-0.1, -0.05) is 84.2 Å². The smallest absolute Gasteiger partial charge is 0.200 e. The van der Waals surface area contributed by atoms with Crippen molar-refractivity contribution in [3.63, 3.8) is 0 Å². The van der Waals surface area contributed by atoms with E-state index in [0.717, 1.165) is 12.0 Å². The second-order valence-corrected chi connectivity index (χ2v) is 7.53. The quantitative estimate of drug-likeness (QED) is 0.148. The van der Waals surface area contributed by atoms with Crippen LogP contribution >= 0.6 is 0 Å². The van der Waals surface area contributed by atoms with Crippen LogP contribution in [0, 0.1) is 5.92 Å². The molecule has 0 saturated carbocycles. The first-order chi connectivity index (χ1) is 14.8. The molecule has 0 aromatic rings. The fourth-order valence-corrected chi connectivity index (χ4v) is 2.07. The molecule has 0 rings (SSSR count). The molecule has 0 fully saturated rings. The van der Waals surface area contributed by atoms with Crippen molar-refractivity contribution < 1.29 is 17.9 Å². The lowest BCUT2D eigenvalue weighted by Gasteiger charge is -2.09. The molecule has 32 heavy (non-hydrogen) atoms. The van der Waals surface area contributed by atoms with Crippen LogP contribution in [0.4, 0.5) is 13.2 Å². The third-order valence-electron chi connectivity index (χ3n) is 4.33. The van der Waals surface area contributed by atoms with Crippen molar-refractivity contribution in [3.05, 3.63) is 133 Å². The van der Waals surface area contributed by atoms with Gasteiger partial charge >= 0.3 is 0 Å².